The SMILES string of the molecule is CN1CC(c2ccn3c(-c4ccc(Nc5ccc(N6CCC(O)CC6)cc5)c5c4CNC5=O)cnc3c2)C1. The van der Waals surface area contributed by atoms with E-state index in [1.807, 2.05) is 12.3 Å². The number of aliphatic hydroxyl groups is 1. The molecule has 0 atom stereocenters. The number of amides is 1. The number of pyridine rings is 1. The van der Waals surface area contributed by atoms with E-state index >= 15 is 0 Å². The van der Waals surface area contributed by atoms with Gasteiger partial charge in [-0.1, -0.05) is 6.07 Å². The minimum absolute atomic E-state index is 0.0574. The third-order valence-corrected chi connectivity index (χ3v) is 8.29. The molecule has 1 amide bonds. The lowest BCUT2D eigenvalue weighted by Crippen LogP contribution is -2.41. The van der Waals surface area contributed by atoms with E-state index in [9.17, 15) is 9.90 Å². The molecule has 2 aromatic carbocycles. The van der Waals surface area contributed by atoms with Crippen molar-refractivity contribution in [2.24, 2.45) is 0 Å². The Kier molecular flexibility index (Phi) is 5.60. The van der Waals surface area contributed by atoms with Crippen LogP contribution in [0.3, 0.4) is 0 Å². The number of piperidine rings is 1. The summed E-state index contributed by atoms with van der Waals surface area (Å²) in [4.78, 5) is 22.3. The van der Waals surface area contributed by atoms with Crippen LogP contribution in [0.1, 0.15) is 40.2 Å². The highest BCUT2D eigenvalue weighted by molar-refractivity contribution is 6.06. The van der Waals surface area contributed by atoms with Gasteiger partial charge in [-0.25, -0.2) is 4.98 Å². The molecular formula is C30H32N6O2. The number of hydrogen-bond donors (Lipinski definition) is 3. The summed E-state index contributed by atoms with van der Waals surface area (Å²) in [7, 11) is 2.15. The van der Waals surface area contributed by atoms with Crippen molar-refractivity contribution >= 4 is 28.6 Å². The maximum absolute atomic E-state index is 12.9. The zero-order valence-corrected chi connectivity index (χ0v) is 21.5. The minimum Gasteiger partial charge on any atom is -0.393 e. The summed E-state index contributed by atoms with van der Waals surface area (Å²) in [5, 5.41) is 16.3. The van der Waals surface area contributed by atoms with Crippen LogP contribution < -0.4 is 15.5 Å². The fourth-order valence-electron chi connectivity index (χ4n) is 6.09. The van der Waals surface area contributed by atoms with E-state index in [0.29, 0.717) is 18.0 Å². The Labute approximate surface area is 221 Å². The first-order valence-electron chi connectivity index (χ1n) is 13.4. The molecule has 194 valence electrons. The van der Waals surface area contributed by atoms with Crippen LogP contribution in [0.2, 0.25) is 0 Å². The Morgan fingerprint density at radius 2 is 1.84 bits per heavy atom. The molecular weight excluding hydrogens is 476 g/mol. The Morgan fingerprint density at radius 3 is 2.61 bits per heavy atom. The normalized spacial score (nSPS) is 18.5. The van der Waals surface area contributed by atoms with Gasteiger partial charge in [-0.05, 0) is 73.5 Å². The van der Waals surface area contributed by atoms with E-state index in [4.69, 9.17) is 4.98 Å². The largest absolute Gasteiger partial charge is 0.393 e. The maximum Gasteiger partial charge on any atom is 0.254 e. The van der Waals surface area contributed by atoms with Crippen LogP contribution in [0, 0.1) is 0 Å². The Bertz CT molecular complexity index is 1510. The number of aromatic nitrogens is 2. The van der Waals surface area contributed by atoms with Crippen LogP contribution in [0.15, 0.2) is 60.9 Å². The van der Waals surface area contributed by atoms with Crippen molar-refractivity contribution in [1.82, 2.24) is 19.6 Å². The van der Waals surface area contributed by atoms with E-state index < -0.39 is 0 Å². The van der Waals surface area contributed by atoms with Gasteiger partial charge < -0.3 is 25.5 Å². The number of carbonyl (C=O) groups is 1. The summed E-state index contributed by atoms with van der Waals surface area (Å²) >= 11 is 0. The molecule has 0 spiro atoms. The van der Waals surface area contributed by atoms with Gasteiger partial charge in [0.15, 0.2) is 0 Å². The van der Waals surface area contributed by atoms with E-state index in [-0.39, 0.29) is 12.0 Å². The van der Waals surface area contributed by atoms with Gasteiger partial charge >= 0.3 is 0 Å². The average Bonchev–Trinajstić information content (AvgIpc) is 3.52. The van der Waals surface area contributed by atoms with Crippen molar-refractivity contribution < 1.29 is 9.90 Å². The highest BCUT2D eigenvalue weighted by Gasteiger charge is 2.28. The van der Waals surface area contributed by atoms with E-state index in [0.717, 1.165) is 78.6 Å². The number of rotatable bonds is 5. The van der Waals surface area contributed by atoms with Gasteiger partial charge in [0.2, 0.25) is 0 Å². The van der Waals surface area contributed by atoms with E-state index in [2.05, 4.69) is 80.5 Å². The van der Waals surface area contributed by atoms with Crippen LogP contribution in [-0.4, -0.2) is 64.6 Å². The first-order chi connectivity index (χ1) is 18.5. The van der Waals surface area contributed by atoms with Crippen LogP contribution in [0.25, 0.3) is 16.9 Å². The molecule has 4 aromatic rings. The zero-order chi connectivity index (χ0) is 25.8. The number of carbonyl (C=O) groups excluding carboxylic acids is 1. The second kappa shape index (κ2) is 9.15. The van der Waals surface area contributed by atoms with Crippen LogP contribution in [0.5, 0.6) is 0 Å². The Morgan fingerprint density at radius 1 is 1.05 bits per heavy atom. The van der Waals surface area contributed by atoms with Crippen LogP contribution in [0.4, 0.5) is 17.1 Å². The number of hydrogen-bond acceptors (Lipinski definition) is 6. The minimum atomic E-state index is -0.184. The number of imidazole rings is 1. The molecule has 0 radical (unpaired) electrons. The number of nitrogens with one attached hydrogen (secondary N) is 2. The van der Waals surface area contributed by atoms with Gasteiger partial charge in [0.25, 0.3) is 5.91 Å². The van der Waals surface area contributed by atoms with Gasteiger partial charge in [-0.2, -0.15) is 0 Å². The van der Waals surface area contributed by atoms with Crippen molar-refractivity contribution in [2.75, 3.05) is 43.4 Å². The summed E-state index contributed by atoms with van der Waals surface area (Å²) in [6.07, 6.45) is 5.45. The molecule has 2 aromatic heterocycles. The third kappa shape index (κ3) is 4.01. The lowest BCUT2D eigenvalue weighted by molar-refractivity contribution is 0.0966. The summed E-state index contributed by atoms with van der Waals surface area (Å²) < 4.78 is 2.12. The summed E-state index contributed by atoms with van der Waals surface area (Å²) in [5.74, 6) is 0.515. The predicted octanol–water partition coefficient (Wildman–Crippen LogP) is 3.98. The zero-order valence-electron chi connectivity index (χ0n) is 21.5. The molecule has 3 N–H and O–H groups in total. The number of likely N-dealkylation sites (N-methyl/N-ethyl adjacent to an activating group) is 1. The summed E-state index contributed by atoms with van der Waals surface area (Å²) in [6.45, 7) is 4.41. The molecule has 0 saturated carbocycles. The second-order valence-electron chi connectivity index (χ2n) is 10.8. The first-order valence-corrected chi connectivity index (χ1v) is 13.4. The lowest BCUT2D eigenvalue weighted by Gasteiger charge is -2.36. The number of nitrogens with zero attached hydrogens (tertiary/aromatic N) is 4. The van der Waals surface area contributed by atoms with Crippen molar-refractivity contribution in [2.45, 2.75) is 31.4 Å². The van der Waals surface area contributed by atoms with Gasteiger partial charge in [0.05, 0.1) is 29.2 Å². The standard InChI is InChI=1S/C30H32N6O2/c1-34-17-20(18-34)19-8-13-36-27(16-31-28(36)14-19)24-6-7-26(29-25(24)15-32-30(29)38)33-21-2-4-22(5-3-21)35-11-9-23(37)10-12-35/h2-8,13-14,16,20,23,33,37H,9-12,15,17-18H2,1H3,(H,32,38). The fraction of sp³-hybridized carbons (Fsp3) is 0.333. The van der Waals surface area contributed by atoms with E-state index in [1.165, 1.54) is 5.56 Å². The smallest absolute Gasteiger partial charge is 0.254 e. The molecule has 8 heteroatoms. The number of fused-ring (bicyclic) bond motifs is 2. The molecule has 8 nitrogen and oxygen atoms in total. The van der Waals surface area contributed by atoms with Gasteiger partial charge in [0.1, 0.15) is 5.65 Å². The van der Waals surface area contributed by atoms with E-state index in [1.54, 1.807) is 0 Å². The first kappa shape index (κ1) is 23.3. The van der Waals surface area contributed by atoms with Crippen molar-refractivity contribution in [3.8, 4) is 11.3 Å². The monoisotopic (exact) mass is 508 g/mol. The number of aliphatic hydroxyl groups excluding tert-OH is 1. The molecule has 0 aliphatic carbocycles. The number of likely N-dealkylation sites (tertiary alicyclic amines) is 1. The summed E-state index contributed by atoms with van der Waals surface area (Å²) in [5.41, 5.74) is 8.86. The Balaban J connectivity index is 1.17. The number of anilines is 3. The summed E-state index contributed by atoms with van der Waals surface area (Å²) in [6, 6.07) is 16.8. The molecule has 7 rings (SSSR count). The maximum atomic E-state index is 12.9. The topological polar surface area (TPSA) is 85.1 Å². The van der Waals surface area contributed by atoms with Crippen molar-refractivity contribution in [1.29, 1.82) is 0 Å². The highest BCUT2D eigenvalue weighted by atomic mass is 16.3. The van der Waals surface area contributed by atoms with Gasteiger partial charge in [-0.3, -0.25) is 9.20 Å². The third-order valence-electron chi connectivity index (χ3n) is 8.29. The molecule has 2 saturated heterocycles. The lowest BCUT2D eigenvalue weighted by atomic mass is 9.93. The van der Waals surface area contributed by atoms with Crippen LogP contribution in [-0.2, 0) is 6.54 Å². The molecule has 0 unspecified atom stereocenters. The van der Waals surface area contributed by atoms with Crippen LogP contribution >= 0.6 is 0 Å². The molecule has 0 bridgehead atoms. The molecule has 3 aliphatic rings. The molecule has 3 aliphatic heterocycles. The van der Waals surface area contributed by atoms with Crippen molar-refractivity contribution in [3.63, 3.8) is 0 Å². The average molecular weight is 509 g/mol. The second-order valence-corrected chi connectivity index (χ2v) is 10.8. The fourth-order valence-corrected chi connectivity index (χ4v) is 6.09. The Hall–Kier alpha value is -3.88. The highest BCUT2D eigenvalue weighted by Crippen LogP contribution is 2.36. The molecule has 5 heterocycles. The number of benzene rings is 2. The molecule has 2 fully saturated rings. The van der Waals surface area contributed by atoms with Crippen molar-refractivity contribution in [3.05, 3.63) is 77.6 Å². The molecule has 38 heavy (non-hydrogen) atoms. The predicted molar refractivity (Wildman–Crippen MR) is 149 cm³/mol. The quantitative estimate of drug-likeness (QED) is 0.378. The van der Waals surface area contributed by atoms with Gasteiger partial charge in [-0.15, -0.1) is 0 Å². The van der Waals surface area contributed by atoms with Gasteiger partial charge in [0, 0.05) is 61.8 Å².